The summed E-state index contributed by atoms with van der Waals surface area (Å²) < 4.78 is 16.7. The third kappa shape index (κ3) is 5.46. The van der Waals surface area contributed by atoms with Crippen LogP contribution in [0, 0.1) is 0 Å². The van der Waals surface area contributed by atoms with Gasteiger partial charge in [-0.05, 0) is 46.1 Å². The van der Waals surface area contributed by atoms with E-state index < -0.39 is 54.0 Å². The van der Waals surface area contributed by atoms with Gasteiger partial charge in [-0.15, -0.1) is 0 Å². The molecule has 32 heavy (non-hydrogen) atoms. The minimum absolute atomic E-state index is 0.115. The lowest BCUT2D eigenvalue weighted by atomic mass is 10.0. The highest BCUT2D eigenvalue weighted by Gasteiger charge is 2.57. The topological polar surface area (TPSA) is 114 Å². The highest BCUT2D eigenvalue weighted by molar-refractivity contribution is 5.88. The van der Waals surface area contributed by atoms with Gasteiger partial charge in [0.05, 0.1) is 19.2 Å². The zero-order chi connectivity index (χ0) is 23.5. The predicted molar refractivity (Wildman–Crippen MR) is 115 cm³/mol. The molecule has 0 saturated carbocycles. The number of fused-ring (bicyclic) bond motifs is 1. The van der Waals surface area contributed by atoms with Crippen LogP contribution in [0.1, 0.15) is 39.7 Å². The van der Waals surface area contributed by atoms with Crippen LogP contribution in [0.5, 0.6) is 0 Å². The van der Waals surface area contributed by atoms with Crippen molar-refractivity contribution >= 4 is 17.8 Å². The Kier molecular flexibility index (Phi) is 7.53. The van der Waals surface area contributed by atoms with Gasteiger partial charge in [0.25, 0.3) is 0 Å². The Morgan fingerprint density at radius 3 is 2.56 bits per heavy atom. The fourth-order valence-corrected chi connectivity index (χ4v) is 4.35. The van der Waals surface area contributed by atoms with Crippen LogP contribution in [-0.4, -0.2) is 77.1 Å². The number of aliphatic carboxylic acids is 1. The summed E-state index contributed by atoms with van der Waals surface area (Å²) in [5.74, 6) is -2.91. The monoisotopic (exact) mass is 448 g/mol. The van der Waals surface area contributed by atoms with E-state index in [4.69, 9.17) is 14.2 Å². The number of nitrogens with zero attached hydrogens (tertiary/aromatic N) is 1. The Balaban J connectivity index is 1.68. The molecule has 1 aromatic carbocycles. The molecule has 2 aliphatic rings. The van der Waals surface area contributed by atoms with E-state index in [9.17, 15) is 19.5 Å². The van der Waals surface area contributed by atoms with Gasteiger partial charge in [-0.3, -0.25) is 14.9 Å². The minimum Gasteiger partial charge on any atom is -0.480 e. The Labute approximate surface area is 188 Å². The fourth-order valence-electron chi connectivity index (χ4n) is 4.35. The molecule has 2 saturated heterocycles. The van der Waals surface area contributed by atoms with Crippen LogP contribution in [-0.2, 0) is 35.0 Å². The Hall–Kier alpha value is -2.49. The average molecular weight is 449 g/mol. The van der Waals surface area contributed by atoms with E-state index in [2.05, 4.69) is 5.32 Å². The normalized spacial score (nSPS) is 25.8. The van der Waals surface area contributed by atoms with Gasteiger partial charge in [0.1, 0.15) is 18.2 Å². The number of carbonyl (C=O) groups is 3. The lowest BCUT2D eigenvalue weighted by Crippen LogP contribution is -2.55. The number of rotatable bonds is 9. The first-order valence-corrected chi connectivity index (χ1v) is 11.0. The molecule has 9 nitrogen and oxygen atoms in total. The van der Waals surface area contributed by atoms with Crippen LogP contribution in [0.25, 0.3) is 0 Å². The molecule has 2 aliphatic heterocycles. The molecule has 9 heteroatoms. The minimum atomic E-state index is -1.15. The number of carbonyl (C=O) groups excluding carboxylic acids is 2. The average Bonchev–Trinajstić information content (AvgIpc) is 3.22. The Morgan fingerprint density at radius 1 is 1.25 bits per heavy atom. The molecule has 0 aromatic heterocycles. The molecule has 1 aromatic rings. The van der Waals surface area contributed by atoms with Crippen molar-refractivity contribution in [3.63, 3.8) is 0 Å². The molecule has 2 fully saturated rings. The van der Waals surface area contributed by atoms with Crippen LogP contribution in [0.15, 0.2) is 30.3 Å². The second-order valence-electron chi connectivity index (χ2n) is 8.63. The summed E-state index contributed by atoms with van der Waals surface area (Å²) >= 11 is 0. The number of ether oxygens (including phenoxy) is 3. The Bertz CT molecular complexity index is 829. The quantitative estimate of drug-likeness (QED) is 0.544. The number of esters is 1. The van der Waals surface area contributed by atoms with Crippen molar-refractivity contribution in [2.24, 2.45) is 0 Å². The fraction of sp³-hybridized carbons (Fsp3) is 0.609. The molecule has 0 spiro atoms. The number of amides is 1. The van der Waals surface area contributed by atoms with Gasteiger partial charge in [-0.25, -0.2) is 4.79 Å². The van der Waals surface area contributed by atoms with E-state index in [0.717, 1.165) is 5.56 Å². The number of carboxylic acid groups (broad SMARTS) is 1. The Morgan fingerprint density at radius 2 is 1.94 bits per heavy atom. The second-order valence-corrected chi connectivity index (χ2v) is 8.63. The maximum absolute atomic E-state index is 13.2. The molecular formula is C23H32N2O7. The first kappa shape index (κ1) is 24.2. The number of likely N-dealkylation sites (tertiary alicyclic amines) is 1. The highest BCUT2D eigenvalue weighted by atomic mass is 16.8. The van der Waals surface area contributed by atoms with Crippen molar-refractivity contribution in [2.45, 2.75) is 76.7 Å². The van der Waals surface area contributed by atoms with Gasteiger partial charge in [-0.1, -0.05) is 30.3 Å². The predicted octanol–water partition coefficient (Wildman–Crippen LogP) is 1.34. The molecule has 0 radical (unpaired) electrons. The first-order valence-electron chi connectivity index (χ1n) is 11.0. The summed E-state index contributed by atoms with van der Waals surface area (Å²) in [6.45, 7) is 7.13. The van der Waals surface area contributed by atoms with E-state index in [1.807, 2.05) is 30.3 Å². The van der Waals surface area contributed by atoms with E-state index in [0.29, 0.717) is 12.8 Å². The van der Waals surface area contributed by atoms with Crippen molar-refractivity contribution in [1.29, 1.82) is 0 Å². The molecule has 5 atom stereocenters. The molecule has 0 bridgehead atoms. The zero-order valence-electron chi connectivity index (χ0n) is 18.9. The SMILES string of the molecule is CCOC(=O)C(CCc1ccccc1)N[C@@H](C)C(=O)N1CC2OC(C)(C)OC2C1C(=O)O. The van der Waals surface area contributed by atoms with Crippen LogP contribution in [0.4, 0.5) is 0 Å². The van der Waals surface area contributed by atoms with Gasteiger partial charge >= 0.3 is 11.9 Å². The first-order chi connectivity index (χ1) is 15.1. The molecule has 3 rings (SSSR count). The number of nitrogens with one attached hydrogen (secondary N) is 1. The standard InChI is InChI=1S/C23H32N2O7/c1-5-30-22(29)16(12-11-15-9-7-6-8-10-15)24-14(2)20(26)25-13-17-19(18(25)21(27)28)32-23(3,4)31-17/h6-10,14,16-19,24H,5,11-13H2,1-4H3,(H,27,28)/t14-,16?,17?,18?,19?/m0/s1. The van der Waals surface area contributed by atoms with Crippen molar-refractivity contribution in [2.75, 3.05) is 13.2 Å². The second kappa shape index (κ2) is 9.97. The van der Waals surface area contributed by atoms with Crippen LogP contribution >= 0.6 is 0 Å². The lowest BCUT2D eigenvalue weighted by Gasteiger charge is -2.30. The van der Waals surface area contributed by atoms with E-state index >= 15 is 0 Å². The third-order valence-electron chi connectivity index (χ3n) is 5.74. The summed E-state index contributed by atoms with van der Waals surface area (Å²) in [6.07, 6.45) is -0.187. The largest absolute Gasteiger partial charge is 0.480 e. The van der Waals surface area contributed by atoms with E-state index in [-0.39, 0.29) is 13.2 Å². The summed E-state index contributed by atoms with van der Waals surface area (Å²) in [5.41, 5.74) is 1.07. The summed E-state index contributed by atoms with van der Waals surface area (Å²) in [6, 6.07) is 7.07. The molecule has 4 unspecified atom stereocenters. The van der Waals surface area contributed by atoms with Crippen molar-refractivity contribution in [3.8, 4) is 0 Å². The molecule has 1 amide bonds. The zero-order valence-corrected chi connectivity index (χ0v) is 18.9. The molecule has 0 aliphatic carbocycles. The lowest BCUT2D eigenvalue weighted by molar-refractivity contribution is -0.175. The third-order valence-corrected chi connectivity index (χ3v) is 5.74. The summed E-state index contributed by atoms with van der Waals surface area (Å²) in [7, 11) is 0. The molecule has 2 N–H and O–H groups in total. The van der Waals surface area contributed by atoms with Gasteiger partial charge < -0.3 is 24.2 Å². The number of benzene rings is 1. The number of hydrogen-bond acceptors (Lipinski definition) is 7. The van der Waals surface area contributed by atoms with Crippen LogP contribution in [0.3, 0.4) is 0 Å². The van der Waals surface area contributed by atoms with Gasteiger partial charge in [-0.2, -0.15) is 0 Å². The summed E-state index contributed by atoms with van der Waals surface area (Å²) in [5, 5.41) is 12.8. The van der Waals surface area contributed by atoms with Crippen LogP contribution < -0.4 is 5.32 Å². The maximum atomic E-state index is 13.2. The van der Waals surface area contributed by atoms with Gasteiger partial charge in [0, 0.05) is 0 Å². The highest BCUT2D eigenvalue weighted by Crippen LogP contribution is 2.37. The van der Waals surface area contributed by atoms with Crippen LogP contribution in [0.2, 0.25) is 0 Å². The van der Waals surface area contributed by atoms with E-state index in [1.54, 1.807) is 27.7 Å². The van der Waals surface area contributed by atoms with E-state index in [1.165, 1.54) is 4.90 Å². The molecule has 176 valence electrons. The number of hydrogen-bond donors (Lipinski definition) is 2. The smallest absolute Gasteiger partial charge is 0.329 e. The van der Waals surface area contributed by atoms with Gasteiger partial charge in [0.2, 0.25) is 5.91 Å². The van der Waals surface area contributed by atoms with Crippen molar-refractivity contribution in [3.05, 3.63) is 35.9 Å². The van der Waals surface area contributed by atoms with Gasteiger partial charge in [0.15, 0.2) is 11.8 Å². The molecule has 2 heterocycles. The summed E-state index contributed by atoms with van der Waals surface area (Å²) in [4.78, 5) is 38.9. The maximum Gasteiger partial charge on any atom is 0.329 e. The number of aryl methyl sites for hydroxylation is 1. The van der Waals surface area contributed by atoms with Crippen molar-refractivity contribution < 1.29 is 33.7 Å². The van der Waals surface area contributed by atoms with Crippen molar-refractivity contribution in [1.82, 2.24) is 10.2 Å². The number of carboxylic acids is 1. The molecular weight excluding hydrogens is 416 g/mol.